The highest BCUT2D eigenvalue weighted by Gasteiger charge is 2.20. The van der Waals surface area contributed by atoms with Crippen molar-refractivity contribution in [3.05, 3.63) is 40.7 Å². The van der Waals surface area contributed by atoms with E-state index in [1.54, 1.807) is 25.3 Å². The van der Waals surface area contributed by atoms with Gasteiger partial charge in [-0.05, 0) is 30.3 Å². The SMILES string of the molecule is COc1ccc(-c2nc3c(OC)c(OC)c(OC)cc3c(=O)[nH]2)cc1. The smallest absolute Gasteiger partial charge is 0.259 e. The Morgan fingerprint density at radius 3 is 2.12 bits per heavy atom. The molecule has 2 aromatic carbocycles. The van der Waals surface area contributed by atoms with E-state index in [9.17, 15) is 4.79 Å². The minimum Gasteiger partial charge on any atom is -0.497 e. The van der Waals surface area contributed by atoms with Gasteiger partial charge in [-0.15, -0.1) is 0 Å². The van der Waals surface area contributed by atoms with Gasteiger partial charge in [-0.1, -0.05) is 0 Å². The Morgan fingerprint density at radius 2 is 1.56 bits per heavy atom. The molecule has 130 valence electrons. The van der Waals surface area contributed by atoms with Crippen LogP contribution in [0.1, 0.15) is 0 Å². The third-order valence-corrected chi connectivity index (χ3v) is 3.87. The van der Waals surface area contributed by atoms with Crippen molar-refractivity contribution >= 4 is 10.9 Å². The van der Waals surface area contributed by atoms with Crippen LogP contribution in [0.3, 0.4) is 0 Å². The van der Waals surface area contributed by atoms with Gasteiger partial charge in [0.05, 0.1) is 33.8 Å². The van der Waals surface area contributed by atoms with Crippen molar-refractivity contribution in [2.45, 2.75) is 0 Å². The number of methoxy groups -OCH3 is 4. The molecule has 7 heteroatoms. The van der Waals surface area contributed by atoms with Crippen LogP contribution in [0.15, 0.2) is 35.1 Å². The molecule has 0 saturated carbocycles. The summed E-state index contributed by atoms with van der Waals surface area (Å²) >= 11 is 0. The van der Waals surface area contributed by atoms with Gasteiger partial charge in [0.25, 0.3) is 5.56 Å². The number of fused-ring (bicyclic) bond motifs is 1. The van der Waals surface area contributed by atoms with Gasteiger partial charge in [0.15, 0.2) is 11.5 Å². The Hall–Kier alpha value is -3.22. The minimum absolute atomic E-state index is 0.296. The summed E-state index contributed by atoms with van der Waals surface area (Å²) < 4.78 is 21.2. The van der Waals surface area contributed by atoms with E-state index in [0.29, 0.717) is 34.0 Å². The van der Waals surface area contributed by atoms with Gasteiger partial charge in [0.1, 0.15) is 17.1 Å². The highest BCUT2D eigenvalue weighted by atomic mass is 16.5. The van der Waals surface area contributed by atoms with Crippen LogP contribution in [0.4, 0.5) is 0 Å². The number of nitrogens with zero attached hydrogens (tertiary/aromatic N) is 1. The molecule has 0 atom stereocenters. The highest BCUT2D eigenvalue weighted by Crippen LogP contribution is 2.41. The van der Waals surface area contributed by atoms with E-state index in [0.717, 1.165) is 11.3 Å². The zero-order chi connectivity index (χ0) is 18.0. The van der Waals surface area contributed by atoms with E-state index in [1.165, 1.54) is 21.3 Å². The summed E-state index contributed by atoms with van der Waals surface area (Å²) in [6, 6.07) is 8.81. The second-order valence-electron chi connectivity index (χ2n) is 5.18. The summed E-state index contributed by atoms with van der Waals surface area (Å²) in [6.45, 7) is 0. The van der Waals surface area contributed by atoms with Crippen LogP contribution >= 0.6 is 0 Å². The van der Waals surface area contributed by atoms with Gasteiger partial charge in [-0.25, -0.2) is 4.98 Å². The van der Waals surface area contributed by atoms with Gasteiger partial charge in [0, 0.05) is 5.56 Å². The molecule has 3 rings (SSSR count). The molecule has 0 bridgehead atoms. The lowest BCUT2D eigenvalue weighted by molar-refractivity contribution is 0.327. The Balaban J connectivity index is 2.28. The van der Waals surface area contributed by atoms with Gasteiger partial charge in [-0.2, -0.15) is 0 Å². The Bertz CT molecular complexity index is 964. The van der Waals surface area contributed by atoms with Crippen molar-refractivity contribution < 1.29 is 18.9 Å². The molecule has 1 N–H and O–H groups in total. The number of H-pyrrole nitrogens is 1. The predicted molar refractivity (Wildman–Crippen MR) is 94.0 cm³/mol. The average molecular weight is 342 g/mol. The Kier molecular flexibility index (Phi) is 4.47. The van der Waals surface area contributed by atoms with Crippen LogP contribution in [0.2, 0.25) is 0 Å². The van der Waals surface area contributed by atoms with E-state index in [2.05, 4.69) is 9.97 Å². The third kappa shape index (κ3) is 2.84. The van der Waals surface area contributed by atoms with Gasteiger partial charge in [-0.3, -0.25) is 4.79 Å². The fraction of sp³-hybridized carbons (Fsp3) is 0.222. The fourth-order valence-electron chi connectivity index (χ4n) is 2.63. The molecule has 25 heavy (non-hydrogen) atoms. The molecule has 0 aliphatic heterocycles. The van der Waals surface area contributed by atoms with Crippen LogP contribution in [-0.2, 0) is 0 Å². The first-order valence-electron chi connectivity index (χ1n) is 7.50. The molecule has 0 aliphatic carbocycles. The predicted octanol–water partition coefficient (Wildman–Crippen LogP) is 2.62. The number of rotatable bonds is 5. The number of nitrogens with one attached hydrogen (secondary N) is 1. The molecule has 0 aliphatic rings. The Labute approximate surface area is 144 Å². The molecule has 0 saturated heterocycles. The van der Waals surface area contributed by atoms with E-state index < -0.39 is 0 Å². The van der Waals surface area contributed by atoms with Crippen LogP contribution < -0.4 is 24.5 Å². The molecular formula is C18H18N2O5. The van der Waals surface area contributed by atoms with Crippen LogP contribution in [0.5, 0.6) is 23.0 Å². The van der Waals surface area contributed by atoms with Gasteiger partial charge in [0.2, 0.25) is 5.75 Å². The summed E-state index contributed by atoms with van der Waals surface area (Å²) in [4.78, 5) is 19.9. The zero-order valence-electron chi connectivity index (χ0n) is 14.4. The van der Waals surface area contributed by atoms with Gasteiger partial charge < -0.3 is 23.9 Å². The van der Waals surface area contributed by atoms with Crippen molar-refractivity contribution in [1.29, 1.82) is 0 Å². The monoisotopic (exact) mass is 342 g/mol. The van der Waals surface area contributed by atoms with Crippen molar-refractivity contribution in [2.75, 3.05) is 28.4 Å². The highest BCUT2D eigenvalue weighted by molar-refractivity contribution is 5.90. The molecule has 1 aromatic heterocycles. The number of benzene rings is 2. The summed E-state index contributed by atoms with van der Waals surface area (Å²) in [6.07, 6.45) is 0. The zero-order valence-corrected chi connectivity index (χ0v) is 14.4. The quantitative estimate of drug-likeness (QED) is 0.767. The summed E-state index contributed by atoms with van der Waals surface area (Å²) in [5.41, 5.74) is 0.849. The molecule has 0 fully saturated rings. The van der Waals surface area contributed by atoms with E-state index in [-0.39, 0.29) is 5.56 Å². The summed E-state index contributed by atoms with van der Waals surface area (Å²) in [5.74, 6) is 2.27. The van der Waals surface area contributed by atoms with Crippen molar-refractivity contribution in [1.82, 2.24) is 9.97 Å². The first-order valence-corrected chi connectivity index (χ1v) is 7.50. The second-order valence-corrected chi connectivity index (χ2v) is 5.18. The van der Waals surface area contributed by atoms with Gasteiger partial charge >= 0.3 is 0 Å². The van der Waals surface area contributed by atoms with Crippen LogP contribution in [0.25, 0.3) is 22.3 Å². The molecule has 3 aromatic rings. The molecule has 0 unspecified atom stereocenters. The summed E-state index contributed by atoms with van der Waals surface area (Å²) in [7, 11) is 6.09. The largest absolute Gasteiger partial charge is 0.497 e. The standard InChI is InChI=1S/C18H18N2O5/c1-22-11-7-5-10(6-8-11)17-19-14-12(18(21)20-17)9-13(23-2)15(24-3)16(14)25-4/h5-9H,1-4H3,(H,19,20,21). The topological polar surface area (TPSA) is 82.7 Å². The number of hydrogen-bond donors (Lipinski definition) is 1. The maximum atomic E-state index is 12.6. The van der Waals surface area contributed by atoms with Crippen molar-refractivity contribution in [3.63, 3.8) is 0 Å². The first-order chi connectivity index (χ1) is 12.1. The first kappa shape index (κ1) is 16.6. The summed E-state index contributed by atoms with van der Waals surface area (Å²) in [5, 5.41) is 0.353. The minimum atomic E-state index is -0.296. The molecule has 0 radical (unpaired) electrons. The number of aromatic amines is 1. The average Bonchev–Trinajstić information content (AvgIpc) is 2.66. The lowest BCUT2D eigenvalue weighted by Gasteiger charge is -2.14. The molecule has 1 heterocycles. The third-order valence-electron chi connectivity index (χ3n) is 3.87. The maximum absolute atomic E-state index is 12.6. The lowest BCUT2D eigenvalue weighted by Crippen LogP contribution is -2.11. The fourth-order valence-corrected chi connectivity index (χ4v) is 2.63. The number of hydrogen-bond acceptors (Lipinski definition) is 6. The normalized spacial score (nSPS) is 10.6. The number of ether oxygens (including phenoxy) is 4. The van der Waals surface area contributed by atoms with Crippen molar-refractivity contribution in [3.8, 4) is 34.4 Å². The van der Waals surface area contributed by atoms with Crippen LogP contribution in [0, 0.1) is 0 Å². The Morgan fingerprint density at radius 1 is 0.880 bits per heavy atom. The van der Waals surface area contributed by atoms with Crippen molar-refractivity contribution in [2.24, 2.45) is 0 Å². The molecule has 0 amide bonds. The van der Waals surface area contributed by atoms with E-state index in [4.69, 9.17) is 18.9 Å². The lowest BCUT2D eigenvalue weighted by atomic mass is 10.1. The molecular weight excluding hydrogens is 324 g/mol. The number of aromatic nitrogens is 2. The second kappa shape index (κ2) is 6.72. The van der Waals surface area contributed by atoms with E-state index in [1.807, 2.05) is 12.1 Å². The van der Waals surface area contributed by atoms with E-state index >= 15 is 0 Å². The molecule has 7 nitrogen and oxygen atoms in total. The maximum Gasteiger partial charge on any atom is 0.259 e. The van der Waals surface area contributed by atoms with Crippen LogP contribution in [-0.4, -0.2) is 38.4 Å². The molecule has 0 spiro atoms.